The SMILES string of the molecule is Cc1ccccc1NCCC(=O)N1CCC(CO)(Cc2ccc(F)cc2)C1. The largest absolute Gasteiger partial charge is 0.396 e. The molecule has 0 saturated carbocycles. The number of rotatable bonds is 7. The van der Waals surface area contributed by atoms with E-state index in [9.17, 15) is 14.3 Å². The molecule has 0 aromatic heterocycles. The number of hydrogen-bond acceptors (Lipinski definition) is 3. The van der Waals surface area contributed by atoms with Crippen molar-refractivity contribution >= 4 is 11.6 Å². The fourth-order valence-electron chi connectivity index (χ4n) is 3.75. The molecule has 4 nitrogen and oxygen atoms in total. The van der Waals surface area contributed by atoms with Gasteiger partial charge in [0.25, 0.3) is 0 Å². The minimum Gasteiger partial charge on any atom is -0.396 e. The molecule has 0 spiro atoms. The third kappa shape index (κ3) is 4.86. The van der Waals surface area contributed by atoms with Crippen LogP contribution >= 0.6 is 0 Å². The van der Waals surface area contributed by atoms with Crippen LogP contribution in [0.2, 0.25) is 0 Å². The zero-order valence-corrected chi connectivity index (χ0v) is 15.7. The van der Waals surface area contributed by atoms with Gasteiger partial charge in [0, 0.05) is 37.2 Å². The third-order valence-electron chi connectivity index (χ3n) is 5.42. The highest BCUT2D eigenvalue weighted by atomic mass is 19.1. The number of amides is 1. The first kappa shape index (κ1) is 19.4. The van der Waals surface area contributed by atoms with Crippen LogP contribution in [0.1, 0.15) is 24.0 Å². The molecule has 1 fully saturated rings. The molecule has 2 aromatic rings. The van der Waals surface area contributed by atoms with E-state index in [1.54, 1.807) is 12.1 Å². The Kier molecular flexibility index (Phi) is 6.11. The summed E-state index contributed by atoms with van der Waals surface area (Å²) in [7, 11) is 0. The van der Waals surface area contributed by atoms with Gasteiger partial charge in [-0.3, -0.25) is 4.79 Å². The van der Waals surface area contributed by atoms with Crippen LogP contribution in [0.5, 0.6) is 0 Å². The Bertz CT molecular complexity index is 778. The highest BCUT2D eigenvalue weighted by Crippen LogP contribution is 2.34. The second kappa shape index (κ2) is 8.53. The topological polar surface area (TPSA) is 52.6 Å². The number of nitrogens with one attached hydrogen (secondary N) is 1. The van der Waals surface area contributed by atoms with Crippen molar-refractivity contribution in [2.75, 3.05) is 31.6 Å². The van der Waals surface area contributed by atoms with E-state index in [4.69, 9.17) is 0 Å². The maximum Gasteiger partial charge on any atom is 0.224 e. The van der Waals surface area contributed by atoms with Gasteiger partial charge in [0.05, 0.1) is 6.61 Å². The average Bonchev–Trinajstić information content (AvgIpc) is 3.10. The Labute approximate surface area is 160 Å². The van der Waals surface area contributed by atoms with Crippen molar-refractivity contribution in [1.29, 1.82) is 0 Å². The van der Waals surface area contributed by atoms with Gasteiger partial charge >= 0.3 is 0 Å². The first-order valence-corrected chi connectivity index (χ1v) is 9.44. The molecule has 0 bridgehead atoms. The van der Waals surface area contributed by atoms with E-state index in [1.165, 1.54) is 12.1 Å². The Morgan fingerprint density at radius 1 is 1.22 bits per heavy atom. The van der Waals surface area contributed by atoms with Crippen molar-refractivity contribution in [3.63, 3.8) is 0 Å². The summed E-state index contributed by atoms with van der Waals surface area (Å²) in [5.74, 6) is -0.160. The zero-order valence-electron chi connectivity index (χ0n) is 15.7. The van der Waals surface area contributed by atoms with Gasteiger partial charge in [-0.25, -0.2) is 4.39 Å². The summed E-state index contributed by atoms with van der Waals surface area (Å²) in [6.07, 6.45) is 1.83. The second-order valence-corrected chi connectivity index (χ2v) is 7.52. The standard InChI is InChI=1S/C22H27FN2O2/c1-17-4-2-3-5-20(17)24-12-10-21(27)25-13-11-22(15-25,16-26)14-18-6-8-19(23)9-7-18/h2-9,24,26H,10-16H2,1H3. The molecule has 2 aromatic carbocycles. The minimum atomic E-state index is -0.336. The summed E-state index contributed by atoms with van der Waals surface area (Å²) in [4.78, 5) is 14.4. The van der Waals surface area contributed by atoms with Gasteiger partial charge < -0.3 is 15.3 Å². The van der Waals surface area contributed by atoms with E-state index in [-0.39, 0.29) is 23.7 Å². The lowest BCUT2D eigenvalue weighted by Crippen LogP contribution is -2.36. The normalized spacial score (nSPS) is 19.3. The van der Waals surface area contributed by atoms with Gasteiger partial charge in [-0.2, -0.15) is 0 Å². The summed E-state index contributed by atoms with van der Waals surface area (Å²) < 4.78 is 13.1. The molecular formula is C22H27FN2O2. The number of aliphatic hydroxyl groups is 1. The van der Waals surface area contributed by atoms with Crippen LogP contribution in [0, 0.1) is 18.2 Å². The van der Waals surface area contributed by atoms with Gasteiger partial charge in [0.1, 0.15) is 5.82 Å². The summed E-state index contributed by atoms with van der Waals surface area (Å²) in [6, 6.07) is 14.4. The molecule has 1 saturated heterocycles. The molecule has 1 heterocycles. The molecule has 3 rings (SSSR count). The van der Waals surface area contributed by atoms with Gasteiger partial charge in [0.2, 0.25) is 5.91 Å². The van der Waals surface area contributed by atoms with Crippen LogP contribution in [0.25, 0.3) is 0 Å². The quantitative estimate of drug-likeness (QED) is 0.786. The second-order valence-electron chi connectivity index (χ2n) is 7.52. The monoisotopic (exact) mass is 370 g/mol. The Morgan fingerprint density at radius 3 is 2.67 bits per heavy atom. The number of nitrogens with zero attached hydrogens (tertiary/aromatic N) is 1. The van der Waals surface area contributed by atoms with Crippen LogP contribution in [0.15, 0.2) is 48.5 Å². The minimum absolute atomic E-state index is 0.0234. The lowest BCUT2D eigenvalue weighted by Gasteiger charge is -2.27. The van der Waals surface area contributed by atoms with Crippen molar-refractivity contribution in [2.45, 2.75) is 26.2 Å². The number of anilines is 1. The third-order valence-corrected chi connectivity index (χ3v) is 5.42. The zero-order chi connectivity index (χ0) is 19.3. The number of aliphatic hydroxyl groups excluding tert-OH is 1. The molecular weight excluding hydrogens is 343 g/mol. The van der Waals surface area contributed by atoms with Gasteiger partial charge in [-0.1, -0.05) is 30.3 Å². The number of para-hydroxylation sites is 1. The van der Waals surface area contributed by atoms with Gasteiger partial charge in [-0.05, 0) is 49.1 Å². The van der Waals surface area contributed by atoms with Gasteiger partial charge in [-0.15, -0.1) is 0 Å². The van der Waals surface area contributed by atoms with Gasteiger partial charge in [0.15, 0.2) is 0 Å². The molecule has 1 aliphatic heterocycles. The Balaban J connectivity index is 1.53. The van der Waals surface area contributed by atoms with E-state index >= 15 is 0 Å². The molecule has 0 aliphatic carbocycles. The maximum atomic E-state index is 13.1. The van der Waals surface area contributed by atoms with Crippen molar-refractivity contribution < 1.29 is 14.3 Å². The molecule has 1 aliphatic rings. The summed E-state index contributed by atoms with van der Waals surface area (Å²) in [5.41, 5.74) is 2.86. The number of benzene rings is 2. The fourth-order valence-corrected chi connectivity index (χ4v) is 3.75. The van der Waals surface area contributed by atoms with Crippen LogP contribution in [0.4, 0.5) is 10.1 Å². The lowest BCUT2D eigenvalue weighted by molar-refractivity contribution is -0.130. The number of carbonyl (C=O) groups excluding carboxylic acids is 1. The predicted octanol–water partition coefficient (Wildman–Crippen LogP) is 3.39. The number of halogens is 1. The Morgan fingerprint density at radius 2 is 1.96 bits per heavy atom. The van der Waals surface area contributed by atoms with E-state index in [1.807, 2.05) is 36.1 Å². The summed E-state index contributed by atoms with van der Waals surface area (Å²) in [5, 5.41) is 13.3. The van der Waals surface area contributed by atoms with Crippen molar-refractivity contribution in [1.82, 2.24) is 4.90 Å². The van der Waals surface area contributed by atoms with E-state index in [2.05, 4.69) is 5.32 Å². The van der Waals surface area contributed by atoms with Crippen molar-refractivity contribution in [3.8, 4) is 0 Å². The molecule has 1 unspecified atom stereocenters. The smallest absolute Gasteiger partial charge is 0.224 e. The maximum absolute atomic E-state index is 13.1. The number of hydrogen-bond donors (Lipinski definition) is 2. The Hall–Kier alpha value is -2.40. The lowest BCUT2D eigenvalue weighted by atomic mass is 9.81. The molecule has 27 heavy (non-hydrogen) atoms. The molecule has 1 atom stereocenters. The van der Waals surface area contributed by atoms with E-state index in [0.29, 0.717) is 32.5 Å². The van der Waals surface area contributed by atoms with E-state index in [0.717, 1.165) is 23.2 Å². The first-order chi connectivity index (χ1) is 13.0. The highest BCUT2D eigenvalue weighted by Gasteiger charge is 2.39. The predicted molar refractivity (Wildman–Crippen MR) is 105 cm³/mol. The highest BCUT2D eigenvalue weighted by molar-refractivity contribution is 5.77. The summed E-state index contributed by atoms with van der Waals surface area (Å²) in [6.45, 7) is 3.85. The average molecular weight is 370 g/mol. The molecule has 2 N–H and O–H groups in total. The number of aryl methyl sites for hydroxylation is 1. The van der Waals surface area contributed by atoms with Crippen LogP contribution in [-0.2, 0) is 11.2 Å². The molecule has 1 amide bonds. The van der Waals surface area contributed by atoms with Crippen molar-refractivity contribution in [3.05, 3.63) is 65.5 Å². The van der Waals surface area contributed by atoms with Crippen LogP contribution in [-0.4, -0.2) is 42.2 Å². The van der Waals surface area contributed by atoms with Crippen molar-refractivity contribution in [2.24, 2.45) is 5.41 Å². The first-order valence-electron chi connectivity index (χ1n) is 9.44. The molecule has 144 valence electrons. The number of carbonyl (C=O) groups is 1. The van der Waals surface area contributed by atoms with Crippen LogP contribution in [0.3, 0.4) is 0 Å². The molecule has 0 radical (unpaired) electrons. The van der Waals surface area contributed by atoms with Crippen LogP contribution < -0.4 is 5.32 Å². The fraction of sp³-hybridized carbons (Fsp3) is 0.409. The van der Waals surface area contributed by atoms with E-state index < -0.39 is 0 Å². The summed E-state index contributed by atoms with van der Waals surface area (Å²) >= 11 is 0. The number of likely N-dealkylation sites (tertiary alicyclic amines) is 1. The molecule has 5 heteroatoms.